The highest BCUT2D eigenvalue weighted by molar-refractivity contribution is 14.1. The van der Waals surface area contributed by atoms with Crippen LogP contribution in [0.15, 0.2) is 62.9 Å². The van der Waals surface area contributed by atoms with Crippen molar-refractivity contribution in [1.29, 1.82) is 0 Å². The van der Waals surface area contributed by atoms with E-state index in [0.717, 1.165) is 4.57 Å². The van der Waals surface area contributed by atoms with Gasteiger partial charge in [0.25, 0.3) is 11.1 Å². The minimum atomic E-state index is -0.632. The maximum absolute atomic E-state index is 14.7. The van der Waals surface area contributed by atoms with Crippen molar-refractivity contribution in [2.75, 3.05) is 11.9 Å². The summed E-state index contributed by atoms with van der Waals surface area (Å²) in [6.07, 6.45) is 0.189. The average Bonchev–Trinajstić information content (AvgIpc) is 2.82. The summed E-state index contributed by atoms with van der Waals surface area (Å²) in [6.45, 7) is 1.33. The summed E-state index contributed by atoms with van der Waals surface area (Å²) < 4.78 is 19.0. The number of anilines is 2. The van der Waals surface area contributed by atoms with Crippen molar-refractivity contribution in [1.82, 2.24) is 13.7 Å². The van der Waals surface area contributed by atoms with E-state index in [1.165, 1.54) is 28.3 Å². The molecule has 34 heavy (non-hydrogen) atoms. The minimum Gasteiger partial charge on any atom is -0.396 e. The molecule has 176 valence electrons. The quantitative estimate of drug-likeness (QED) is 0.344. The van der Waals surface area contributed by atoms with Crippen LogP contribution in [0, 0.1) is 16.3 Å². The molecule has 10 heteroatoms. The van der Waals surface area contributed by atoms with Crippen LogP contribution in [-0.2, 0) is 13.6 Å². The van der Waals surface area contributed by atoms with Crippen molar-refractivity contribution < 1.29 is 9.50 Å². The van der Waals surface area contributed by atoms with E-state index in [4.69, 9.17) is 0 Å². The normalized spacial score (nSPS) is 11.2. The second kappa shape index (κ2) is 9.55. The number of rotatable bonds is 6. The number of benzene rings is 2. The number of halogens is 2. The molecule has 2 aromatic carbocycles. The van der Waals surface area contributed by atoms with Gasteiger partial charge >= 0.3 is 5.69 Å². The molecule has 2 aromatic heterocycles. The molecule has 0 radical (unpaired) electrons. The first kappa shape index (κ1) is 23.9. The fraction of sp³-hybridized carbons (Fsp3) is 0.208. The van der Waals surface area contributed by atoms with Crippen molar-refractivity contribution in [3.63, 3.8) is 0 Å². The van der Waals surface area contributed by atoms with Gasteiger partial charge < -0.3 is 10.4 Å². The third-order valence-electron chi connectivity index (χ3n) is 5.63. The number of aromatic nitrogens is 3. The molecule has 0 fully saturated rings. The molecule has 0 aliphatic rings. The molecule has 0 spiro atoms. The molecule has 2 N–H and O–H groups in total. The molecule has 0 saturated carbocycles. The molecular formula is C24H22FIN4O4. The highest BCUT2D eigenvalue weighted by Crippen LogP contribution is 2.27. The van der Waals surface area contributed by atoms with Crippen molar-refractivity contribution >= 4 is 45.0 Å². The summed E-state index contributed by atoms with van der Waals surface area (Å²) in [5, 5.41) is 12.3. The number of para-hydroxylation sites is 1. The highest BCUT2D eigenvalue weighted by Gasteiger charge is 2.23. The Bertz CT molecular complexity index is 1580. The van der Waals surface area contributed by atoms with E-state index >= 15 is 0 Å². The van der Waals surface area contributed by atoms with Gasteiger partial charge in [-0.2, -0.15) is 0 Å². The van der Waals surface area contributed by atoms with Crippen LogP contribution in [0.2, 0.25) is 0 Å². The molecule has 0 aliphatic heterocycles. The van der Waals surface area contributed by atoms with Crippen molar-refractivity contribution in [3.05, 3.63) is 94.7 Å². The zero-order valence-electron chi connectivity index (χ0n) is 18.5. The lowest BCUT2D eigenvalue weighted by molar-refractivity contribution is 0.278. The van der Waals surface area contributed by atoms with Gasteiger partial charge in [-0.25, -0.2) is 9.18 Å². The Balaban J connectivity index is 2.18. The van der Waals surface area contributed by atoms with E-state index in [0.29, 0.717) is 9.26 Å². The number of pyridine rings is 1. The Morgan fingerprint density at radius 1 is 1.06 bits per heavy atom. The fourth-order valence-corrected chi connectivity index (χ4v) is 4.40. The topological polar surface area (TPSA) is 98.3 Å². The molecule has 2 heterocycles. The van der Waals surface area contributed by atoms with Crippen LogP contribution in [0.5, 0.6) is 0 Å². The molecule has 8 nitrogen and oxygen atoms in total. The predicted molar refractivity (Wildman–Crippen MR) is 138 cm³/mol. The summed E-state index contributed by atoms with van der Waals surface area (Å²) in [5.74, 6) is -0.483. The molecule has 0 amide bonds. The molecule has 0 unspecified atom stereocenters. The summed E-state index contributed by atoms with van der Waals surface area (Å²) in [5.41, 5.74) is -0.779. The van der Waals surface area contributed by atoms with Gasteiger partial charge in [-0.15, -0.1) is 0 Å². The molecule has 0 atom stereocenters. The van der Waals surface area contributed by atoms with E-state index in [-0.39, 0.29) is 47.5 Å². The Hall–Kier alpha value is -3.25. The van der Waals surface area contributed by atoms with E-state index in [1.54, 1.807) is 43.3 Å². The predicted octanol–water partition coefficient (Wildman–Crippen LogP) is 3.03. The summed E-state index contributed by atoms with van der Waals surface area (Å²) in [4.78, 5) is 40.3. The fourth-order valence-electron chi connectivity index (χ4n) is 3.95. The first-order chi connectivity index (χ1) is 16.3. The Morgan fingerprint density at radius 2 is 1.76 bits per heavy atom. The Labute approximate surface area is 207 Å². The van der Waals surface area contributed by atoms with Crippen LogP contribution < -0.4 is 22.1 Å². The van der Waals surface area contributed by atoms with E-state index in [1.807, 2.05) is 22.6 Å². The highest BCUT2D eigenvalue weighted by atomic mass is 127. The summed E-state index contributed by atoms with van der Waals surface area (Å²) >= 11 is 1.99. The molecule has 4 aromatic rings. The number of nitrogens with one attached hydrogen (secondary N) is 1. The average molecular weight is 576 g/mol. The van der Waals surface area contributed by atoms with Crippen LogP contribution in [-0.4, -0.2) is 25.4 Å². The van der Waals surface area contributed by atoms with E-state index in [9.17, 15) is 23.9 Å². The third-order valence-corrected chi connectivity index (χ3v) is 6.30. The van der Waals surface area contributed by atoms with Crippen molar-refractivity contribution in [3.8, 4) is 5.69 Å². The standard InChI is InChI=1S/C24H22FIN4O4/c1-14-20-19(21(28(2)22(14)32)27-18-10-9-15(26)13-17(18)25)23(33)29(11-6-12-31)24(34)30(20)16-7-4-3-5-8-16/h3-5,7-10,13,27,31H,6,11-12H2,1-2H3. The number of nitrogens with zero attached hydrogens (tertiary/aromatic N) is 3. The van der Waals surface area contributed by atoms with Crippen LogP contribution in [0.4, 0.5) is 15.9 Å². The van der Waals surface area contributed by atoms with Crippen molar-refractivity contribution in [2.24, 2.45) is 7.05 Å². The number of aliphatic hydroxyl groups is 1. The van der Waals surface area contributed by atoms with Gasteiger partial charge in [-0.1, -0.05) is 18.2 Å². The van der Waals surface area contributed by atoms with Gasteiger partial charge in [0.2, 0.25) is 0 Å². The first-order valence-electron chi connectivity index (χ1n) is 10.5. The van der Waals surface area contributed by atoms with Crippen LogP contribution in [0.3, 0.4) is 0 Å². The number of fused-ring (bicyclic) bond motifs is 1. The van der Waals surface area contributed by atoms with Crippen molar-refractivity contribution in [2.45, 2.75) is 19.9 Å². The second-order valence-corrected chi connectivity index (χ2v) is 9.04. The zero-order chi connectivity index (χ0) is 24.6. The van der Waals surface area contributed by atoms with Gasteiger partial charge in [0.05, 0.1) is 16.9 Å². The molecule has 0 bridgehead atoms. The lowest BCUT2D eigenvalue weighted by Crippen LogP contribution is -2.41. The largest absolute Gasteiger partial charge is 0.396 e. The van der Waals surface area contributed by atoms with E-state index < -0.39 is 22.6 Å². The maximum Gasteiger partial charge on any atom is 0.336 e. The van der Waals surface area contributed by atoms with Gasteiger partial charge in [0, 0.05) is 29.3 Å². The van der Waals surface area contributed by atoms with Gasteiger partial charge in [-0.3, -0.25) is 23.3 Å². The van der Waals surface area contributed by atoms with Gasteiger partial charge in [0.15, 0.2) is 0 Å². The van der Waals surface area contributed by atoms with E-state index in [2.05, 4.69) is 5.32 Å². The zero-order valence-corrected chi connectivity index (χ0v) is 20.7. The summed E-state index contributed by atoms with van der Waals surface area (Å²) in [6, 6.07) is 13.2. The molecule has 0 saturated heterocycles. The monoisotopic (exact) mass is 576 g/mol. The Morgan fingerprint density at radius 3 is 2.41 bits per heavy atom. The number of hydrogen-bond acceptors (Lipinski definition) is 5. The molecule has 0 aliphatic carbocycles. The number of aryl methyl sites for hydroxylation is 1. The van der Waals surface area contributed by atoms with Crippen LogP contribution in [0.25, 0.3) is 16.6 Å². The smallest absolute Gasteiger partial charge is 0.336 e. The number of hydrogen-bond donors (Lipinski definition) is 2. The lowest BCUT2D eigenvalue weighted by atomic mass is 10.1. The summed E-state index contributed by atoms with van der Waals surface area (Å²) in [7, 11) is 1.48. The maximum atomic E-state index is 14.7. The number of aliphatic hydroxyl groups excluding tert-OH is 1. The SMILES string of the molecule is Cc1c(=O)n(C)c(Nc2ccc(I)cc2F)c2c(=O)n(CCCO)c(=O)n(-c3ccccc3)c12. The molecule has 4 rings (SSSR count). The van der Waals surface area contributed by atoms with Crippen LogP contribution in [0.1, 0.15) is 12.0 Å². The lowest BCUT2D eigenvalue weighted by Gasteiger charge is -2.20. The van der Waals surface area contributed by atoms with Crippen LogP contribution >= 0.6 is 22.6 Å². The van der Waals surface area contributed by atoms with Gasteiger partial charge in [0.1, 0.15) is 17.0 Å². The third kappa shape index (κ3) is 4.07. The van der Waals surface area contributed by atoms with Gasteiger partial charge in [-0.05, 0) is 66.3 Å². The Kier molecular flexibility index (Phi) is 6.71. The second-order valence-electron chi connectivity index (χ2n) is 7.80. The first-order valence-corrected chi connectivity index (χ1v) is 11.6. The minimum absolute atomic E-state index is 0.0177. The molecular weight excluding hydrogens is 554 g/mol.